The van der Waals surface area contributed by atoms with Crippen molar-refractivity contribution in [3.05, 3.63) is 65.8 Å². The van der Waals surface area contributed by atoms with Crippen LogP contribution in [0.5, 0.6) is 0 Å². The minimum Gasteiger partial charge on any atom is -0.317 e. The molecule has 2 aromatic carbocycles. The largest absolute Gasteiger partial charge is 0.317 e. The number of halogens is 1. The smallest absolute Gasteiger partial charge is 0.0528 e. The standard InChI is InChI=1S/C14H9ClN/c15-12-5-3-6-13(10-12)16-9-8-11-4-1-2-7-14(11)16/h1-4,6-10H. The molecule has 0 spiro atoms. The van der Waals surface area contributed by atoms with Crippen LogP contribution in [0.15, 0.2) is 54.7 Å². The highest BCUT2D eigenvalue weighted by molar-refractivity contribution is 6.30. The highest BCUT2D eigenvalue weighted by Gasteiger charge is 2.02. The molecule has 0 aliphatic carbocycles. The minimum absolute atomic E-state index is 0.635. The molecule has 0 unspecified atom stereocenters. The number of hydrogen-bond donors (Lipinski definition) is 0. The van der Waals surface area contributed by atoms with Gasteiger partial charge in [-0.25, -0.2) is 0 Å². The summed E-state index contributed by atoms with van der Waals surface area (Å²) >= 11 is 5.94. The summed E-state index contributed by atoms with van der Waals surface area (Å²) in [5.41, 5.74) is 2.25. The van der Waals surface area contributed by atoms with Crippen LogP contribution in [0.3, 0.4) is 0 Å². The number of nitrogens with zero attached hydrogens (tertiary/aromatic N) is 1. The second-order valence-corrected chi connectivity index (χ2v) is 4.05. The Bertz CT molecular complexity index is 640. The Kier molecular flexibility index (Phi) is 2.19. The van der Waals surface area contributed by atoms with E-state index in [1.165, 1.54) is 10.9 Å². The van der Waals surface area contributed by atoms with Gasteiger partial charge >= 0.3 is 0 Å². The summed E-state index contributed by atoms with van der Waals surface area (Å²) in [7, 11) is 0. The molecule has 3 aromatic rings. The fraction of sp³-hybridized carbons (Fsp3) is 0. The molecule has 1 nitrogen and oxygen atoms in total. The first-order chi connectivity index (χ1) is 7.84. The second-order valence-electron chi connectivity index (χ2n) is 3.64. The van der Waals surface area contributed by atoms with Crippen LogP contribution in [-0.4, -0.2) is 4.57 Å². The van der Waals surface area contributed by atoms with Gasteiger partial charge in [-0.1, -0.05) is 35.9 Å². The van der Waals surface area contributed by atoms with E-state index in [-0.39, 0.29) is 0 Å². The Hall–Kier alpha value is -1.73. The Morgan fingerprint density at radius 3 is 2.81 bits per heavy atom. The molecule has 0 saturated carbocycles. The number of fused-ring (bicyclic) bond motifs is 1. The number of aromatic nitrogens is 1. The summed E-state index contributed by atoms with van der Waals surface area (Å²) in [6.07, 6.45) is 2.05. The second kappa shape index (κ2) is 3.69. The lowest BCUT2D eigenvalue weighted by Gasteiger charge is -2.05. The third-order valence-electron chi connectivity index (χ3n) is 2.63. The third-order valence-corrected chi connectivity index (χ3v) is 2.85. The van der Waals surface area contributed by atoms with E-state index in [0.717, 1.165) is 5.69 Å². The van der Waals surface area contributed by atoms with E-state index >= 15 is 0 Å². The van der Waals surface area contributed by atoms with Gasteiger partial charge in [-0.05, 0) is 29.7 Å². The van der Waals surface area contributed by atoms with Gasteiger partial charge in [0.15, 0.2) is 0 Å². The average Bonchev–Trinajstić information content (AvgIpc) is 2.72. The van der Waals surface area contributed by atoms with Gasteiger partial charge in [0.05, 0.1) is 10.5 Å². The van der Waals surface area contributed by atoms with Gasteiger partial charge in [0, 0.05) is 18.0 Å². The molecule has 0 aliphatic heterocycles. The number of benzene rings is 2. The lowest BCUT2D eigenvalue weighted by Crippen LogP contribution is -1.90. The fourth-order valence-electron chi connectivity index (χ4n) is 1.88. The van der Waals surface area contributed by atoms with Crippen LogP contribution in [0.4, 0.5) is 0 Å². The minimum atomic E-state index is 0.635. The predicted octanol–water partition coefficient (Wildman–Crippen LogP) is 4.08. The molecule has 3 rings (SSSR count). The van der Waals surface area contributed by atoms with E-state index in [2.05, 4.69) is 35.0 Å². The molecule has 0 N–H and O–H groups in total. The van der Waals surface area contributed by atoms with E-state index in [1.807, 2.05) is 30.3 Å². The molecule has 77 valence electrons. The molecule has 2 heteroatoms. The van der Waals surface area contributed by atoms with Crippen molar-refractivity contribution in [1.29, 1.82) is 0 Å². The van der Waals surface area contributed by atoms with Gasteiger partial charge in [0.25, 0.3) is 0 Å². The summed E-state index contributed by atoms with van der Waals surface area (Å²) in [4.78, 5) is 0. The van der Waals surface area contributed by atoms with Crippen molar-refractivity contribution in [2.45, 2.75) is 0 Å². The molecule has 16 heavy (non-hydrogen) atoms. The summed E-state index contributed by atoms with van der Waals surface area (Å²) < 4.78 is 2.12. The highest BCUT2D eigenvalue weighted by atomic mass is 35.5. The van der Waals surface area contributed by atoms with E-state index in [9.17, 15) is 0 Å². The van der Waals surface area contributed by atoms with Gasteiger partial charge in [-0.15, -0.1) is 0 Å². The van der Waals surface area contributed by atoms with Crippen molar-refractivity contribution >= 4 is 22.5 Å². The zero-order chi connectivity index (χ0) is 11.0. The van der Waals surface area contributed by atoms with Crippen molar-refractivity contribution in [2.75, 3.05) is 0 Å². The molecule has 0 aliphatic rings. The molecular formula is C14H9ClN. The van der Waals surface area contributed by atoms with Crippen LogP contribution in [0.25, 0.3) is 16.6 Å². The van der Waals surface area contributed by atoms with E-state index in [0.29, 0.717) is 5.02 Å². The molecular weight excluding hydrogens is 218 g/mol. The third kappa shape index (κ3) is 1.50. The van der Waals surface area contributed by atoms with E-state index in [1.54, 1.807) is 0 Å². The Morgan fingerprint density at radius 1 is 1.06 bits per heavy atom. The number of rotatable bonds is 1. The maximum absolute atomic E-state index is 5.94. The van der Waals surface area contributed by atoms with Crippen LogP contribution >= 0.6 is 11.6 Å². The summed E-state index contributed by atoms with van der Waals surface area (Å²) in [6.45, 7) is 0. The molecule has 1 heterocycles. The molecule has 0 atom stereocenters. The zero-order valence-corrected chi connectivity index (χ0v) is 9.28. The maximum Gasteiger partial charge on any atom is 0.0528 e. The molecule has 0 fully saturated rings. The SMILES string of the molecule is Clc1[c]ccc(-n2ccc3ccccc32)c1. The monoisotopic (exact) mass is 226 g/mol. The number of hydrogen-bond acceptors (Lipinski definition) is 0. The zero-order valence-electron chi connectivity index (χ0n) is 8.52. The van der Waals surface area contributed by atoms with Crippen LogP contribution < -0.4 is 0 Å². The number of para-hydroxylation sites is 1. The van der Waals surface area contributed by atoms with Gasteiger partial charge < -0.3 is 4.57 Å². The van der Waals surface area contributed by atoms with Gasteiger partial charge in [0.1, 0.15) is 0 Å². The summed E-state index contributed by atoms with van der Waals surface area (Å²) in [5.74, 6) is 0. The highest BCUT2D eigenvalue weighted by Crippen LogP contribution is 2.21. The van der Waals surface area contributed by atoms with Crippen molar-refractivity contribution in [2.24, 2.45) is 0 Å². The summed E-state index contributed by atoms with van der Waals surface area (Å²) in [5, 5.41) is 1.86. The summed E-state index contributed by atoms with van der Waals surface area (Å²) in [6, 6.07) is 19.1. The Balaban J connectivity index is 2.26. The van der Waals surface area contributed by atoms with Crippen molar-refractivity contribution in [3.8, 4) is 5.69 Å². The van der Waals surface area contributed by atoms with Gasteiger partial charge in [0.2, 0.25) is 0 Å². The maximum atomic E-state index is 5.94. The lowest BCUT2D eigenvalue weighted by molar-refractivity contribution is 1.13. The van der Waals surface area contributed by atoms with Crippen LogP contribution in [-0.2, 0) is 0 Å². The quantitative estimate of drug-likeness (QED) is 0.589. The first-order valence-electron chi connectivity index (χ1n) is 5.08. The Morgan fingerprint density at radius 2 is 1.94 bits per heavy atom. The molecule has 0 amide bonds. The first kappa shape index (κ1) is 9.49. The first-order valence-corrected chi connectivity index (χ1v) is 5.46. The predicted molar refractivity (Wildman–Crippen MR) is 67.1 cm³/mol. The molecule has 0 saturated heterocycles. The Labute approximate surface area is 98.9 Å². The van der Waals surface area contributed by atoms with Crippen molar-refractivity contribution < 1.29 is 0 Å². The lowest BCUT2D eigenvalue weighted by atomic mass is 10.2. The molecule has 1 radical (unpaired) electrons. The molecule has 0 bridgehead atoms. The van der Waals surface area contributed by atoms with Crippen LogP contribution in [0.1, 0.15) is 0 Å². The van der Waals surface area contributed by atoms with Crippen molar-refractivity contribution in [3.63, 3.8) is 0 Å². The van der Waals surface area contributed by atoms with Crippen LogP contribution in [0, 0.1) is 6.07 Å². The molecule has 1 aromatic heterocycles. The normalized spacial score (nSPS) is 10.8. The van der Waals surface area contributed by atoms with Gasteiger partial charge in [-0.2, -0.15) is 0 Å². The van der Waals surface area contributed by atoms with Gasteiger partial charge in [-0.3, -0.25) is 0 Å². The van der Waals surface area contributed by atoms with E-state index in [4.69, 9.17) is 11.6 Å². The van der Waals surface area contributed by atoms with Crippen LogP contribution in [0.2, 0.25) is 5.02 Å². The topological polar surface area (TPSA) is 4.93 Å². The van der Waals surface area contributed by atoms with Crippen molar-refractivity contribution in [1.82, 2.24) is 4.57 Å². The average molecular weight is 227 g/mol. The fourth-order valence-corrected chi connectivity index (χ4v) is 2.06. The van der Waals surface area contributed by atoms with E-state index < -0.39 is 0 Å².